The molecule has 0 aliphatic carbocycles. The molecule has 84 valence electrons. The van der Waals surface area contributed by atoms with Crippen LogP contribution in [0.1, 0.15) is 22.8 Å². The number of rotatable bonds is 2. The lowest BCUT2D eigenvalue weighted by Crippen LogP contribution is -2.38. The molecule has 1 aromatic rings. The molecule has 1 amide bonds. The minimum absolute atomic E-state index is 0.211. The van der Waals surface area contributed by atoms with Gasteiger partial charge in [0.2, 0.25) is 0 Å². The smallest absolute Gasteiger partial charge is 0.326 e. The molecule has 0 bridgehead atoms. The number of carboxylic acid groups (broad SMARTS) is 1. The zero-order valence-corrected chi connectivity index (χ0v) is 10.2. The molecule has 1 unspecified atom stereocenters. The van der Waals surface area contributed by atoms with Gasteiger partial charge in [-0.2, -0.15) is 0 Å². The van der Waals surface area contributed by atoms with Gasteiger partial charge < -0.3 is 10.0 Å². The van der Waals surface area contributed by atoms with Gasteiger partial charge in [0, 0.05) is 16.6 Å². The highest BCUT2D eigenvalue weighted by molar-refractivity contribution is 9.10. The summed E-state index contributed by atoms with van der Waals surface area (Å²) in [6, 6.07) is 4.56. The van der Waals surface area contributed by atoms with Gasteiger partial charge in [-0.3, -0.25) is 4.79 Å². The van der Waals surface area contributed by atoms with Crippen LogP contribution in [0.15, 0.2) is 22.7 Å². The minimum atomic E-state index is -0.986. The largest absolute Gasteiger partial charge is 0.480 e. The molecular formula is C11H10BrNO3. The zero-order valence-electron chi connectivity index (χ0n) is 8.61. The molecule has 2 rings (SSSR count). The standard InChI is InChI=1S/C11H10BrNO3/c1-6(11(15)16)13-5-7-4-8(12)2-3-9(7)10(13)14/h2-4,6H,5H2,1H3,(H,15,16). The maximum absolute atomic E-state index is 11.9. The van der Waals surface area contributed by atoms with Crippen LogP contribution in [0.25, 0.3) is 0 Å². The quantitative estimate of drug-likeness (QED) is 0.902. The first-order valence-electron chi connectivity index (χ1n) is 4.83. The van der Waals surface area contributed by atoms with Gasteiger partial charge in [-0.25, -0.2) is 4.79 Å². The van der Waals surface area contributed by atoms with Crippen molar-refractivity contribution in [2.45, 2.75) is 19.5 Å². The third-order valence-corrected chi connectivity index (χ3v) is 3.22. The summed E-state index contributed by atoms with van der Waals surface area (Å²) in [7, 11) is 0. The fraction of sp³-hybridized carbons (Fsp3) is 0.273. The molecule has 1 atom stereocenters. The molecule has 1 aliphatic heterocycles. The molecule has 0 aromatic heterocycles. The average molecular weight is 284 g/mol. The third-order valence-electron chi connectivity index (χ3n) is 2.72. The van der Waals surface area contributed by atoms with Crippen molar-refractivity contribution in [2.75, 3.05) is 0 Å². The normalized spacial score (nSPS) is 16.1. The molecule has 0 saturated carbocycles. The van der Waals surface area contributed by atoms with Crippen LogP contribution in [0.5, 0.6) is 0 Å². The van der Waals surface area contributed by atoms with E-state index in [-0.39, 0.29) is 5.91 Å². The van der Waals surface area contributed by atoms with E-state index >= 15 is 0 Å². The summed E-state index contributed by atoms with van der Waals surface area (Å²) in [6.45, 7) is 1.88. The number of nitrogens with zero attached hydrogens (tertiary/aromatic N) is 1. The average Bonchev–Trinajstić information content (AvgIpc) is 2.54. The second kappa shape index (κ2) is 3.90. The van der Waals surface area contributed by atoms with Crippen LogP contribution in [0, 0.1) is 0 Å². The molecule has 5 heteroatoms. The van der Waals surface area contributed by atoms with E-state index in [9.17, 15) is 9.59 Å². The number of hydrogen-bond acceptors (Lipinski definition) is 2. The molecule has 0 fully saturated rings. The zero-order chi connectivity index (χ0) is 11.9. The number of amides is 1. The fourth-order valence-corrected chi connectivity index (χ4v) is 2.17. The molecule has 1 heterocycles. The summed E-state index contributed by atoms with van der Waals surface area (Å²) in [5.41, 5.74) is 1.46. The Morgan fingerprint density at radius 3 is 2.88 bits per heavy atom. The lowest BCUT2D eigenvalue weighted by Gasteiger charge is -2.19. The van der Waals surface area contributed by atoms with Crippen molar-refractivity contribution in [3.05, 3.63) is 33.8 Å². The van der Waals surface area contributed by atoms with Crippen LogP contribution in [-0.2, 0) is 11.3 Å². The third kappa shape index (κ3) is 1.71. The van der Waals surface area contributed by atoms with Crippen LogP contribution in [0.2, 0.25) is 0 Å². The number of aliphatic carboxylic acids is 1. The molecule has 1 aliphatic rings. The number of carboxylic acids is 1. The first-order chi connectivity index (χ1) is 7.50. The van der Waals surface area contributed by atoms with Gasteiger partial charge in [0.25, 0.3) is 5.91 Å². The molecule has 16 heavy (non-hydrogen) atoms. The van der Waals surface area contributed by atoms with Crippen molar-refractivity contribution >= 4 is 27.8 Å². The van der Waals surface area contributed by atoms with Gasteiger partial charge >= 0.3 is 5.97 Å². The molecule has 4 nitrogen and oxygen atoms in total. The summed E-state index contributed by atoms with van der Waals surface area (Å²) < 4.78 is 0.892. The van der Waals surface area contributed by atoms with Crippen molar-refractivity contribution in [3.63, 3.8) is 0 Å². The first-order valence-corrected chi connectivity index (χ1v) is 5.62. The topological polar surface area (TPSA) is 57.6 Å². The van der Waals surface area contributed by atoms with Crippen LogP contribution in [0.3, 0.4) is 0 Å². The van der Waals surface area contributed by atoms with E-state index in [1.807, 2.05) is 6.07 Å². The minimum Gasteiger partial charge on any atom is -0.480 e. The van der Waals surface area contributed by atoms with Crippen LogP contribution in [-0.4, -0.2) is 27.9 Å². The maximum atomic E-state index is 11.9. The van der Waals surface area contributed by atoms with E-state index in [1.165, 1.54) is 11.8 Å². The number of halogens is 1. The molecule has 0 radical (unpaired) electrons. The van der Waals surface area contributed by atoms with Crippen LogP contribution in [0.4, 0.5) is 0 Å². The highest BCUT2D eigenvalue weighted by Gasteiger charge is 2.33. The van der Waals surface area contributed by atoms with Crippen molar-refractivity contribution in [1.29, 1.82) is 0 Å². The Hall–Kier alpha value is -1.36. The summed E-state index contributed by atoms with van der Waals surface area (Å²) in [5.74, 6) is -1.20. The number of fused-ring (bicyclic) bond motifs is 1. The van der Waals surface area contributed by atoms with Gasteiger partial charge in [0.1, 0.15) is 6.04 Å². The van der Waals surface area contributed by atoms with Crippen molar-refractivity contribution < 1.29 is 14.7 Å². The second-order valence-electron chi connectivity index (χ2n) is 3.75. The molecule has 0 saturated heterocycles. The number of carbonyl (C=O) groups is 2. The molecule has 1 aromatic carbocycles. The SMILES string of the molecule is CC(C(=O)O)N1Cc2cc(Br)ccc2C1=O. The maximum Gasteiger partial charge on any atom is 0.326 e. The Labute approximate surface area is 101 Å². The Kier molecular flexibility index (Phi) is 2.71. The van der Waals surface area contributed by atoms with Gasteiger partial charge in [-0.05, 0) is 30.7 Å². The van der Waals surface area contributed by atoms with Gasteiger partial charge in [-0.15, -0.1) is 0 Å². The fourth-order valence-electron chi connectivity index (χ4n) is 1.76. The Morgan fingerprint density at radius 1 is 1.56 bits per heavy atom. The Morgan fingerprint density at radius 2 is 2.25 bits per heavy atom. The molecule has 1 N–H and O–H groups in total. The summed E-state index contributed by atoms with van der Waals surface area (Å²) in [4.78, 5) is 24.1. The summed E-state index contributed by atoms with van der Waals surface area (Å²) >= 11 is 3.32. The van der Waals surface area contributed by atoms with Crippen molar-refractivity contribution in [2.24, 2.45) is 0 Å². The van der Waals surface area contributed by atoms with E-state index < -0.39 is 12.0 Å². The van der Waals surface area contributed by atoms with Crippen molar-refractivity contribution in [1.82, 2.24) is 4.90 Å². The number of carbonyl (C=O) groups excluding carboxylic acids is 1. The molecule has 0 spiro atoms. The summed E-state index contributed by atoms with van der Waals surface area (Å²) in [5, 5.41) is 8.89. The lowest BCUT2D eigenvalue weighted by molar-refractivity contribution is -0.141. The Balaban J connectivity index is 2.34. The van der Waals surface area contributed by atoms with E-state index in [0.717, 1.165) is 10.0 Å². The molecular weight excluding hydrogens is 274 g/mol. The van der Waals surface area contributed by atoms with Crippen LogP contribution < -0.4 is 0 Å². The van der Waals surface area contributed by atoms with Gasteiger partial charge in [0.05, 0.1) is 0 Å². The predicted molar refractivity (Wildman–Crippen MR) is 61.1 cm³/mol. The van der Waals surface area contributed by atoms with Crippen LogP contribution >= 0.6 is 15.9 Å². The highest BCUT2D eigenvalue weighted by Crippen LogP contribution is 2.27. The monoisotopic (exact) mass is 283 g/mol. The van der Waals surface area contributed by atoms with Gasteiger partial charge in [-0.1, -0.05) is 15.9 Å². The van der Waals surface area contributed by atoms with E-state index in [1.54, 1.807) is 12.1 Å². The predicted octanol–water partition coefficient (Wildman–Crippen LogP) is 1.88. The lowest BCUT2D eigenvalue weighted by atomic mass is 10.1. The summed E-state index contributed by atoms with van der Waals surface area (Å²) in [6.07, 6.45) is 0. The van der Waals surface area contributed by atoms with Gasteiger partial charge in [0.15, 0.2) is 0 Å². The number of hydrogen-bond donors (Lipinski definition) is 1. The van der Waals surface area contributed by atoms with Crippen molar-refractivity contribution in [3.8, 4) is 0 Å². The Bertz CT molecular complexity index is 472. The first kappa shape index (κ1) is 11.1. The highest BCUT2D eigenvalue weighted by atomic mass is 79.9. The number of benzene rings is 1. The second-order valence-corrected chi connectivity index (χ2v) is 4.66. The van der Waals surface area contributed by atoms with E-state index in [4.69, 9.17) is 5.11 Å². The van der Waals surface area contributed by atoms with E-state index in [0.29, 0.717) is 12.1 Å². The van der Waals surface area contributed by atoms with E-state index in [2.05, 4.69) is 15.9 Å².